The lowest BCUT2D eigenvalue weighted by Crippen LogP contribution is -2.30. The third-order valence-corrected chi connectivity index (χ3v) is 5.06. The first kappa shape index (κ1) is 17.0. The summed E-state index contributed by atoms with van der Waals surface area (Å²) in [5.41, 5.74) is 3.86. The van der Waals surface area contributed by atoms with Gasteiger partial charge >= 0.3 is 0 Å². The summed E-state index contributed by atoms with van der Waals surface area (Å²) in [6, 6.07) is 8.11. The van der Waals surface area contributed by atoms with Crippen molar-refractivity contribution in [2.75, 3.05) is 0 Å². The molecule has 0 spiro atoms. The van der Waals surface area contributed by atoms with Crippen molar-refractivity contribution < 1.29 is 4.39 Å². The van der Waals surface area contributed by atoms with Gasteiger partial charge in [-0.25, -0.2) is 4.39 Å². The third kappa shape index (κ3) is 3.89. The van der Waals surface area contributed by atoms with Crippen molar-refractivity contribution in [2.24, 2.45) is 5.84 Å². The number of hydrogen-bond donors (Lipinski definition) is 2. The molecule has 3 N–H and O–H groups in total. The van der Waals surface area contributed by atoms with E-state index in [9.17, 15) is 4.39 Å². The van der Waals surface area contributed by atoms with E-state index in [1.807, 2.05) is 6.07 Å². The molecule has 0 aromatic heterocycles. The third-order valence-electron chi connectivity index (χ3n) is 3.07. The van der Waals surface area contributed by atoms with Crippen LogP contribution in [0.1, 0.15) is 17.2 Å². The molecule has 0 amide bonds. The zero-order chi connectivity index (χ0) is 15.6. The Labute approximate surface area is 145 Å². The van der Waals surface area contributed by atoms with E-state index in [1.54, 1.807) is 24.3 Å². The lowest BCUT2D eigenvalue weighted by Gasteiger charge is -2.18. The molecular formula is C14H11BrCl3FN2. The van der Waals surface area contributed by atoms with Gasteiger partial charge in [0.25, 0.3) is 0 Å². The van der Waals surface area contributed by atoms with Crippen LogP contribution in [0.2, 0.25) is 15.1 Å². The van der Waals surface area contributed by atoms with Crippen LogP contribution in [0.4, 0.5) is 4.39 Å². The van der Waals surface area contributed by atoms with Gasteiger partial charge in [0.1, 0.15) is 5.82 Å². The average molecular weight is 413 g/mol. The Morgan fingerprint density at radius 3 is 2.48 bits per heavy atom. The number of nitrogens with one attached hydrogen (secondary N) is 1. The Bertz CT molecular complexity index is 667. The van der Waals surface area contributed by atoms with Crippen LogP contribution >= 0.6 is 50.7 Å². The van der Waals surface area contributed by atoms with Crippen LogP contribution in [-0.4, -0.2) is 0 Å². The van der Waals surface area contributed by atoms with Gasteiger partial charge < -0.3 is 0 Å². The van der Waals surface area contributed by atoms with Gasteiger partial charge in [-0.1, -0.05) is 46.9 Å². The molecule has 7 heteroatoms. The van der Waals surface area contributed by atoms with Gasteiger partial charge in [-0.2, -0.15) is 0 Å². The molecule has 0 saturated carbocycles. The number of nitrogens with two attached hydrogens (primary N) is 1. The van der Waals surface area contributed by atoms with Crippen LogP contribution in [0.25, 0.3) is 0 Å². The van der Waals surface area contributed by atoms with E-state index in [1.165, 1.54) is 0 Å². The minimum absolute atomic E-state index is 0.0295. The van der Waals surface area contributed by atoms with E-state index in [0.29, 0.717) is 26.5 Å². The van der Waals surface area contributed by atoms with Crippen molar-refractivity contribution in [2.45, 2.75) is 12.5 Å². The van der Waals surface area contributed by atoms with E-state index in [4.69, 9.17) is 40.6 Å². The van der Waals surface area contributed by atoms with Crippen LogP contribution in [0, 0.1) is 5.82 Å². The lowest BCUT2D eigenvalue weighted by atomic mass is 9.99. The molecule has 0 heterocycles. The predicted molar refractivity (Wildman–Crippen MR) is 89.3 cm³/mol. The molecule has 2 nitrogen and oxygen atoms in total. The SMILES string of the molecule is NNC(Cc1ccc(Cl)c(Cl)c1)c1ccc(Br)c(Cl)c1F. The van der Waals surface area contributed by atoms with E-state index in [-0.39, 0.29) is 5.02 Å². The summed E-state index contributed by atoms with van der Waals surface area (Å²) in [5, 5.41) is 0.941. The van der Waals surface area contributed by atoms with Crippen molar-refractivity contribution in [3.05, 3.63) is 66.8 Å². The normalized spacial score (nSPS) is 12.5. The first-order valence-electron chi connectivity index (χ1n) is 5.97. The first-order chi connectivity index (χ1) is 9.93. The Morgan fingerprint density at radius 2 is 1.86 bits per heavy atom. The van der Waals surface area contributed by atoms with E-state index < -0.39 is 11.9 Å². The summed E-state index contributed by atoms with van der Waals surface area (Å²) >= 11 is 20.9. The van der Waals surface area contributed by atoms with Gasteiger partial charge in [0, 0.05) is 10.0 Å². The average Bonchev–Trinajstić information content (AvgIpc) is 2.47. The summed E-state index contributed by atoms with van der Waals surface area (Å²) in [4.78, 5) is 0. The van der Waals surface area contributed by atoms with Gasteiger partial charge in [0.2, 0.25) is 0 Å². The molecule has 112 valence electrons. The molecule has 2 aromatic carbocycles. The molecule has 0 aliphatic heterocycles. The van der Waals surface area contributed by atoms with Crippen LogP contribution < -0.4 is 11.3 Å². The molecular weight excluding hydrogens is 401 g/mol. The molecule has 0 saturated heterocycles. The monoisotopic (exact) mass is 410 g/mol. The minimum Gasteiger partial charge on any atom is -0.271 e. The van der Waals surface area contributed by atoms with E-state index in [0.717, 1.165) is 5.56 Å². The molecule has 0 bridgehead atoms. The van der Waals surface area contributed by atoms with Gasteiger partial charge in [0.15, 0.2) is 0 Å². The molecule has 21 heavy (non-hydrogen) atoms. The smallest absolute Gasteiger partial charge is 0.147 e. The lowest BCUT2D eigenvalue weighted by molar-refractivity contribution is 0.510. The Kier molecular flexibility index (Phi) is 5.88. The maximum absolute atomic E-state index is 14.2. The van der Waals surface area contributed by atoms with Gasteiger partial charge in [0.05, 0.1) is 21.1 Å². The second-order valence-electron chi connectivity index (χ2n) is 4.44. The zero-order valence-electron chi connectivity index (χ0n) is 10.6. The van der Waals surface area contributed by atoms with Crippen molar-refractivity contribution in [1.82, 2.24) is 5.43 Å². The second kappa shape index (κ2) is 7.27. The highest BCUT2D eigenvalue weighted by atomic mass is 79.9. The van der Waals surface area contributed by atoms with Crippen LogP contribution in [-0.2, 0) is 6.42 Å². The van der Waals surface area contributed by atoms with Crippen molar-refractivity contribution in [3.63, 3.8) is 0 Å². The number of halogens is 5. The molecule has 2 aromatic rings. The molecule has 2 rings (SSSR count). The van der Waals surface area contributed by atoms with Gasteiger partial charge in [-0.15, -0.1) is 0 Å². The quantitative estimate of drug-likeness (QED) is 0.407. The van der Waals surface area contributed by atoms with Crippen molar-refractivity contribution >= 4 is 50.7 Å². The molecule has 0 aliphatic carbocycles. The van der Waals surface area contributed by atoms with E-state index >= 15 is 0 Å². The highest BCUT2D eigenvalue weighted by Gasteiger charge is 2.19. The summed E-state index contributed by atoms with van der Waals surface area (Å²) in [6.07, 6.45) is 0.447. The topological polar surface area (TPSA) is 38.0 Å². The van der Waals surface area contributed by atoms with Crippen LogP contribution in [0.3, 0.4) is 0 Å². The highest BCUT2D eigenvalue weighted by molar-refractivity contribution is 9.10. The van der Waals surface area contributed by atoms with Crippen LogP contribution in [0.5, 0.6) is 0 Å². The maximum Gasteiger partial charge on any atom is 0.147 e. The Balaban J connectivity index is 2.32. The largest absolute Gasteiger partial charge is 0.271 e. The maximum atomic E-state index is 14.2. The number of hydrogen-bond acceptors (Lipinski definition) is 2. The fourth-order valence-corrected chi connectivity index (χ4v) is 2.77. The fourth-order valence-electron chi connectivity index (χ4n) is 1.97. The van der Waals surface area contributed by atoms with Crippen molar-refractivity contribution in [3.8, 4) is 0 Å². The summed E-state index contributed by atoms with van der Waals surface area (Å²) in [6.45, 7) is 0. The summed E-state index contributed by atoms with van der Waals surface area (Å²) in [7, 11) is 0. The van der Waals surface area contributed by atoms with Crippen molar-refractivity contribution in [1.29, 1.82) is 0 Å². The van der Waals surface area contributed by atoms with Crippen LogP contribution in [0.15, 0.2) is 34.8 Å². The molecule has 0 fully saturated rings. The number of benzene rings is 2. The summed E-state index contributed by atoms with van der Waals surface area (Å²) < 4.78 is 14.7. The molecule has 0 aliphatic rings. The standard InChI is InChI=1S/C14H11BrCl3FN2/c15-9-3-2-8(14(19)13(9)18)12(21-20)6-7-1-4-10(16)11(17)5-7/h1-5,12,21H,6,20H2. The number of rotatable bonds is 4. The molecule has 1 atom stereocenters. The minimum atomic E-state index is -0.506. The Hall–Kier alpha value is -0.360. The van der Waals surface area contributed by atoms with Gasteiger partial charge in [-0.3, -0.25) is 11.3 Å². The Morgan fingerprint density at radius 1 is 1.14 bits per heavy atom. The zero-order valence-corrected chi connectivity index (χ0v) is 14.5. The fraction of sp³-hybridized carbons (Fsp3) is 0.143. The highest BCUT2D eigenvalue weighted by Crippen LogP contribution is 2.32. The van der Waals surface area contributed by atoms with Gasteiger partial charge in [-0.05, 0) is 46.1 Å². The molecule has 1 unspecified atom stereocenters. The van der Waals surface area contributed by atoms with E-state index in [2.05, 4.69) is 21.4 Å². The summed E-state index contributed by atoms with van der Waals surface area (Å²) in [5.74, 6) is 5.04. The first-order valence-corrected chi connectivity index (χ1v) is 7.90. The molecule has 0 radical (unpaired) electrons. The predicted octanol–water partition coefficient (Wildman–Crippen LogP) is 5.30. The second-order valence-corrected chi connectivity index (χ2v) is 6.48. The number of hydrazine groups is 1.